The molecule has 0 bridgehead atoms. The SMILES string of the molecule is Cc1cc(NC(C)CCCO)c2cc(F)ccc2n1. The standard InChI is InChI=1S/C15H19FN2O/c1-10(4-3-7-19)17-15-8-11(2)18-14-6-5-12(16)9-13(14)15/h5-6,8-10,19H,3-4,7H2,1-2H3,(H,17,18). The number of nitrogens with zero attached hydrogens (tertiary/aromatic N) is 1. The summed E-state index contributed by atoms with van der Waals surface area (Å²) in [6, 6.07) is 6.77. The lowest BCUT2D eigenvalue weighted by atomic mass is 10.1. The Bertz CT molecular complexity index is 571. The van der Waals surface area contributed by atoms with Gasteiger partial charge in [-0.25, -0.2) is 4.39 Å². The number of aliphatic hydroxyl groups is 1. The first-order valence-electron chi connectivity index (χ1n) is 6.54. The van der Waals surface area contributed by atoms with E-state index in [1.54, 1.807) is 6.07 Å². The number of hydrogen-bond donors (Lipinski definition) is 2. The number of aromatic nitrogens is 1. The fraction of sp³-hybridized carbons (Fsp3) is 0.400. The molecule has 0 saturated carbocycles. The van der Waals surface area contributed by atoms with Gasteiger partial charge in [0.25, 0.3) is 0 Å². The highest BCUT2D eigenvalue weighted by molar-refractivity contribution is 5.91. The molecule has 0 aliphatic heterocycles. The van der Waals surface area contributed by atoms with E-state index in [0.29, 0.717) is 0 Å². The van der Waals surface area contributed by atoms with Crippen LogP contribution in [0.4, 0.5) is 10.1 Å². The maximum absolute atomic E-state index is 13.4. The molecule has 4 heteroatoms. The molecule has 1 atom stereocenters. The van der Waals surface area contributed by atoms with Crippen molar-refractivity contribution in [3.8, 4) is 0 Å². The number of anilines is 1. The van der Waals surface area contributed by atoms with Gasteiger partial charge in [0.05, 0.1) is 5.52 Å². The summed E-state index contributed by atoms with van der Waals surface area (Å²) in [6.45, 7) is 4.17. The van der Waals surface area contributed by atoms with Crippen LogP contribution in [-0.4, -0.2) is 22.7 Å². The minimum absolute atomic E-state index is 0.191. The molecule has 0 spiro atoms. The van der Waals surface area contributed by atoms with Gasteiger partial charge in [-0.3, -0.25) is 4.98 Å². The maximum atomic E-state index is 13.4. The number of pyridine rings is 1. The molecule has 102 valence electrons. The second-order valence-corrected chi connectivity index (χ2v) is 4.88. The zero-order valence-electron chi connectivity index (χ0n) is 11.3. The molecule has 0 fully saturated rings. The fourth-order valence-electron chi connectivity index (χ4n) is 2.18. The van der Waals surface area contributed by atoms with E-state index < -0.39 is 0 Å². The van der Waals surface area contributed by atoms with E-state index in [1.807, 2.05) is 13.0 Å². The van der Waals surface area contributed by atoms with Crippen LogP contribution < -0.4 is 5.32 Å². The van der Waals surface area contributed by atoms with Crippen molar-refractivity contribution in [2.75, 3.05) is 11.9 Å². The van der Waals surface area contributed by atoms with Gasteiger partial charge in [0.2, 0.25) is 0 Å². The number of benzene rings is 1. The topological polar surface area (TPSA) is 45.1 Å². The van der Waals surface area contributed by atoms with E-state index in [-0.39, 0.29) is 18.5 Å². The molecule has 0 saturated heterocycles. The average molecular weight is 262 g/mol. The monoisotopic (exact) mass is 262 g/mol. The van der Waals surface area contributed by atoms with Crippen LogP contribution in [0.5, 0.6) is 0 Å². The van der Waals surface area contributed by atoms with Crippen LogP contribution in [-0.2, 0) is 0 Å². The van der Waals surface area contributed by atoms with Crippen molar-refractivity contribution in [3.05, 3.63) is 35.8 Å². The molecule has 0 aliphatic rings. The lowest BCUT2D eigenvalue weighted by Crippen LogP contribution is -2.16. The molecule has 1 unspecified atom stereocenters. The van der Waals surface area contributed by atoms with E-state index in [9.17, 15) is 4.39 Å². The van der Waals surface area contributed by atoms with E-state index in [2.05, 4.69) is 17.2 Å². The minimum atomic E-state index is -0.260. The third kappa shape index (κ3) is 3.41. The zero-order valence-corrected chi connectivity index (χ0v) is 11.3. The van der Waals surface area contributed by atoms with E-state index in [4.69, 9.17) is 5.11 Å². The van der Waals surface area contributed by atoms with Crippen molar-refractivity contribution in [2.24, 2.45) is 0 Å². The quantitative estimate of drug-likeness (QED) is 0.869. The van der Waals surface area contributed by atoms with Crippen LogP contribution in [0, 0.1) is 12.7 Å². The summed E-state index contributed by atoms with van der Waals surface area (Å²) >= 11 is 0. The Morgan fingerprint density at radius 1 is 1.37 bits per heavy atom. The summed E-state index contributed by atoms with van der Waals surface area (Å²) in [4.78, 5) is 4.40. The first-order chi connectivity index (χ1) is 9.10. The highest BCUT2D eigenvalue weighted by Crippen LogP contribution is 2.25. The second kappa shape index (κ2) is 5.97. The van der Waals surface area contributed by atoms with Crippen molar-refractivity contribution in [2.45, 2.75) is 32.7 Å². The summed E-state index contributed by atoms with van der Waals surface area (Å²) in [5, 5.41) is 13.0. The molecule has 1 heterocycles. The molecule has 0 aliphatic carbocycles. The maximum Gasteiger partial charge on any atom is 0.124 e. The third-order valence-corrected chi connectivity index (χ3v) is 3.10. The fourth-order valence-corrected chi connectivity index (χ4v) is 2.18. The molecule has 2 N–H and O–H groups in total. The molecule has 3 nitrogen and oxygen atoms in total. The highest BCUT2D eigenvalue weighted by Gasteiger charge is 2.08. The van der Waals surface area contributed by atoms with Gasteiger partial charge in [-0.05, 0) is 51.0 Å². The van der Waals surface area contributed by atoms with Crippen molar-refractivity contribution in [3.63, 3.8) is 0 Å². The van der Waals surface area contributed by atoms with Gasteiger partial charge >= 0.3 is 0 Å². The Morgan fingerprint density at radius 2 is 2.16 bits per heavy atom. The van der Waals surface area contributed by atoms with Gasteiger partial charge in [0.1, 0.15) is 5.82 Å². The smallest absolute Gasteiger partial charge is 0.124 e. The number of aliphatic hydroxyl groups excluding tert-OH is 1. The molecule has 2 rings (SSSR count). The van der Waals surface area contributed by atoms with Gasteiger partial charge in [0.15, 0.2) is 0 Å². The van der Waals surface area contributed by atoms with Crippen LogP contribution in [0.25, 0.3) is 10.9 Å². The normalized spacial score (nSPS) is 12.6. The zero-order chi connectivity index (χ0) is 13.8. The average Bonchev–Trinajstić information content (AvgIpc) is 2.37. The summed E-state index contributed by atoms with van der Waals surface area (Å²) in [7, 11) is 0. The summed E-state index contributed by atoms with van der Waals surface area (Å²) in [5.74, 6) is -0.260. The molecular weight excluding hydrogens is 243 g/mol. The number of aryl methyl sites for hydroxylation is 1. The van der Waals surface area contributed by atoms with Crippen molar-refractivity contribution in [1.29, 1.82) is 0 Å². The van der Waals surface area contributed by atoms with Gasteiger partial charge in [-0.15, -0.1) is 0 Å². The van der Waals surface area contributed by atoms with Crippen LogP contribution >= 0.6 is 0 Å². The molecule has 0 radical (unpaired) electrons. The Balaban J connectivity index is 2.33. The second-order valence-electron chi connectivity index (χ2n) is 4.88. The Morgan fingerprint density at radius 3 is 2.89 bits per heavy atom. The number of fused-ring (bicyclic) bond motifs is 1. The lowest BCUT2D eigenvalue weighted by Gasteiger charge is -2.17. The molecule has 2 aromatic rings. The predicted molar refractivity (Wildman–Crippen MR) is 75.8 cm³/mol. The lowest BCUT2D eigenvalue weighted by molar-refractivity contribution is 0.282. The summed E-state index contributed by atoms with van der Waals surface area (Å²) in [6.07, 6.45) is 1.62. The van der Waals surface area contributed by atoms with Crippen LogP contribution in [0.15, 0.2) is 24.3 Å². The van der Waals surface area contributed by atoms with Gasteiger partial charge in [0, 0.05) is 29.4 Å². The number of halogens is 1. The van der Waals surface area contributed by atoms with Gasteiger partial charge < -0.3 is 10.4 Å². The largest absolute Gasteiger partial charge is 0.396 e. The molecule has 1 aromatic carbocycles. The predicted octanol–water partition coefficient (Wildman–Crippen LogP) is 3.26. The summed E-state index contributed by atoms with van der Waals surface area (Å²) in [5.41, 5.74) is 2.58. The van der Waals surface area contributed by atoms with E-state index in [1.165, 1.54) is 12.1 Å². The Hall–Kier alpha value is -1.68. The van der Waals surface area contributed by atoms with Crippen LogP contribution in [0.1, 0.15) is 25.5 Å². The number of nitrogens with one attached hydrogen (secondary N) is 1. The first kappa shape index (κ1) is 13.7. The Labute approximate surface area is 112 Å². The van der Waals surface area contributed by atoms with Crippen molar-refractivity contribution >= 4 is 16.6 Å². The van der Waals surface area contributed by atoms with Crippen LogP contribution in [0.2, 0.25) is 0 Å². The molecule has 0 amide bonds. The van der Waals surface area contributed by atoms with E-state index in [0.717, 1.165) is 35.1 Å². The van der Waals surface area contributed by atoms with Gasteiger partial charge in [-0.1, -0.05) is 0 Å². The summed E-state index contributed by atoms with van der Waals surface area (Å²) < 4.78 is 13.4. The van der Waals surface area contributed by atoms with Crippen LogP contribution in [0.3, 0.4) is 0 Å². The molecular formula is C15H19FN2O. The minimum Gasteiger partial charge on any atom is -0.396 e. The number of rotatable bonds is 5. The van der Waals surface area contributed by atoms with Gasteiger partial charge in [-0.2, -0.15) is 0 Å². The first-order valence-corrected chi connectivity index (χ1v) is 6.54. The van der Waals surface area contributed by atoms with Crippen molar-refractivity contribution in [1.82, 2.24) is 4.98 Å². The van der Waals surface area contributed by atoms with Crippen molar-refractivity contribution < 1.29 is 9.50 Å². The molecule has 19 heavy (non-hydrogen) atoms. The van der Waals surface area contributed by atoms with E-state index >= 15 is 0 Å². The highest BCUT2D eigenvalue weighted by atomic mass is 19.1. The number of hydrogen-bond acceptors (Lipinski definition) is 3. The Kier molecular flexibility index (Phi) is 4.32. The molecule has 1 aromatic heterocycles. The third-order valence-electron chi connectivity index (χ3n) is 3.10.